The number of nitrogens with one attached hydrogen (secondary N) is 1. The van der Waals surface area contributed by atoms with Gasteiger partial charge >= 0.3 is 0 Å². The van der Waals surface area contributed by atoms with Crippen molar-refractivity contribution in [2.45, 2.75) is 13.5 Å². The van der Waals surface area contributed by atoms with Crippen molar-refractivity contribution < 1.29 is 14.0 Å². The normalized spacial score (nSPS) is 10.6. The number of halogens is 1. The van der Waals surface area contributed by atoms with Gasteiger partial charge in [-0.25, -0.2) is 0 Å². The third-order valence-electron chi connectivity index (χ3n) is 3.75. The molecule has 0 aliphatic carbocycles. The molecule has 130 valence electrons. The van der Waals surface area contributed by atoms with Crippen LogP contribution in [0.15, 0.2) is 40.9 Å². The van der Waals surface area contributed by atoms with Crippen molar-refractivity contribution in [2.24, 2.45) is 0 Å². The molecule has 0 aliphatic heterocycles. The van der Waals surface area contributed by atoms with Gasteiger partial charge in [-0.05, 0) is 36.8 Å². The Morgan fingerprint density at radius 2 is 1.96 bits per heavy atom. The second-order valence-corrected chi connectivity index (χ2v) is 5.83. The maximum absolute atomic E-state index is 6.03. The highest BCUT2D eigenvalue weighted by atomic mass is 35.5. The van der Waals surface area contributed by atoms with Crippen LogP contribution < -0.4 is 14.8 Å². The minimum absolute atomic E-state index is 0.395. The molecule has 3 aromatic rings. The highest BCUT2D eigenvalue weighted by Gasteiger charge is 2.14. The smallest absolute Gasteiger partial charge is 0.246 e. The van der Waals surface area contributed by atoms with E-state index in [1.54, 1.807) is 20.3 Å². The fraction of sp³-hybridized carbons (Fsp3) is 0.222. The largest absolute Gasteiger partial charge is 0.497 e. The van der Waals surface area contributed by atoms with Crippen molar-refractivity contribution in [2.75, 3.05) is 19.5 Å². The summed E-state index contributed by atoms with van der Waals surface area (Å²) in [5.74, 6) is 2.24. The maximum atomic E-state index is 6.03. The van der Waals surface area contributed by atoms with Crippen LogP contribution in [0.1, 0.15) is 11.5 Å². The minimum Gasteiger partial charge on any atom is -0.497 e. The third kappa shape index (κ3) is 3.85. The zero-order valence-corrected chi connectivity index (χ0v) is 14.9. The molecule has 0 bridgehead atoms. The van der Waals surface area contributed by atoms with E-state index in [4.69, 9.17) is 25.6 Å². The number of aromatic nitrogens is 2. The number of rotatable bonds is 6. The second kappa shape index (κ2) is 7.44. The van der Waals surface area contributed by atoms with Gasteiger partial charge in [-0.15, -0.1) is 0 Å². The Balaban J connectivity index is 1.77. The van der Waals surface area contributed by atoms with E-state index in [0.29, 0.717) is 34.8 Å². The average Bonchev–Trinajstić information content (AvgIpc) is 3.10. The summed E-state index contributed by atoms with van der Waals surface area (Å²) in [6.07, 6.45) is 0. The Morgan fingerprint density at radius 1 is 1.12 bits per heavy atom. The predicted octanol–water partition coefficient (Wildman–Crippen LogP) is 4.33. The number of anilines is 1. The van der Waals surface area contributed by atoms with E-state index in [9.17, 15) is 0 Å². The van der Waals surface area contributed by atoms with Crippen LogP contribution in [-0.2, 0) is 6.54 Å². The van der Waals surface area contributed by atoms with Gasteiger partial charge < -0.3 is 19.3 Å². The first-order valence-corrected chi connectivity index (χ1v) is 8.03. The van der Waals surface area contributed by atoms with Gasteiger partial charge in [0.05, 0.1) is 26.3 Å². The average molecular weight is 360 g/mol. The standard InChI is InChI=1S/C18H18ClN3O3/c1-11-4-5-12(19)8-15(11)20-10-17-21-18(22-25-17)14-7-6-13(23-2)9-16(14)24-3/h4-9,20H,10H2,1-3H3. The van der Waals surface area contributed by atoms with Gasteiger partial charge in [-0.3, -0.25) is 0 Å². The van der Waals surface area contributed by atoms with Crippen molar-refractivity contribution in [3.05, 3.63) is 52.9 Å². The summed E-state index contributed by atoms with van der Waals surface area (Å²) < 4.78 is 15.9. The molecule has 3 rings (SSSR count). The zero-order valence-electron chi connectivity index (χ0n) is 14.2. The Hall–Kier alpha value is -2.73. The molecule has 0 spiro atoms. The molecule has 0 saturated carbocycles. The number of nitrogens with zero attached hydrogens (tertiary/aromatic N) is 2. The van der Waals surface area contributed by atoms with Crippen molar-refractivity contribution >= 4 is 17.3 Å². The van der Waals surface area contributed by atoms with E-state index in [-0.39, 0.29) is 0 Å². The van der Waals surface area contributed by atoms with Crippen LogP contribution in [0.25, 0.3) is 11.4 Å². The van der Waals surface area contributed by atoms with Gasteiger partial charge in [0.25, 0.3) is 0 Å². The molecule has 0 atom stereocenters. The Bertz CT molecular complexity index is 880. The molecule has 0 radical (unpaired) electrons. The third-order valence-corrected chi connectivity index (χ3v) is 3.98. The van der Waals surface area contributed by atoms with Crippen LogP contribution in [-0.4, -0.2) is 24.4 Å². The van der Waals surface area contributed by atoms with E-state index in [1.807, 2.05) is 37.3 Å². The molecule has 25 heavy (non-hydrogen) atoms. The van der Waals surface area contributed by atoms with Gasteiger partial charge in [0.15, 0.2) is 0 Å². The zero-order chi connectivity index (χ0) is 17.8. The number of ether oxygens (including phenoxy) is 2. The molecule has 6 nitrogen and oxygen atoms in total. The van der Waals surface area contributed by atoms with Crippen molar-refractivity contribution in [3.63, 3.8) is 0 Å². The van der Waals surface area contributed by atoms with Crippen LogP contribution in [0.3, 0.4) is 0 Å². The summed E-state index contributed by atoms with van der Waals surface area (Å²) in [6, 6.07) is 11.1. The van der Waals surface area contributed by atoms with Crippen LogP contribution >= 0.6 is 11.6 Å². The molecule has 1 heterocycles. The molecule has 0 unspecified atom stereocenters. The number of hydrogen-bond acceptors (Lipinski definition) is 6. The Morgan fingerprint density at radius 3 is 2.72 bits per heavy atom. The molecule has 0 saturated heterocycles. The van der Waals surface area contributed by atoms with E-state index in [0.717, 1.165) is 16.8 Å². The number of hydrogen-bond donors (Lipinski definition) is 1. The molecule has 0 amide bonds. The SMILES string of the molecule is COc1ccc(-c2noc(CNc3cc(Cl)ccc3C)n2)c(OC)c1. The first-order chi connectivity index (χ1) is 12.1. The van der Waals surface area contributed by atoms with Crippen LogP contribution in [0, 0.1) is 6.92 Å². The lowest BCUT2D eigenvalue weighted by Crippen LogP contribution is -2.01. The van der Waals surface area contributed by atoms with Gasteiger partial charge in [0.1, 0.15) is 11.5 Å². The summed E-state index contributed by atoms with van der Waals surface area (Å²) in [6.45, 7) is 2.40. The minimum atomic E-state index is 0.395. The molecule has 0 aliphatic rings. The quantitative estimate of drug-likeness (QED) is 0.706. The number of benzene rings is 2. The molecule has 0 fully saturated rings. The van der Waals surface area contributed by atoms with Gasteiger partial charge in [0.2, 0.25) is 11.7 Å². The van der Waals surface area contributed by atoms with Gasteiger partial charge in [-0.1, -0.05) is 22.8 Å². The first-order valence-electron chi connectivity index (χ1n) is 7.65. The van der Waals surface area contributed by atoms with E-state index in [1.165, 1.54) is 0 Å². The Kier molecular flexibility index (Phi) is 5.09. The highest BCUT2D eigenvalue weighted by Crippen LogP contribution is 2.31. The van der Waals surface area contributed by atoms with Crippen molar-refractivity contribution in [3.8, 4) is 22.9 Å². The molecule has 1 aromatic heterocycles. The van der Waals surface area contributed by atoms with Crippen LogP contribution in [0.5, 0.6) is 11.5 Å². The molecule has 1 N–H and O–H groups in total. The van der Waals surface area contributed by atoms with E-state index in [2.05, 4.69) is 15.5 Å². The highest BCUT2D eigenvalue weighted by molar-refractivity contribution is 6.30. The van der Waals surface area contributed by atoms with Crippen molar-refractivity contribution in [1.29, 1.82) is 0 Å². The van der Waals surface area contributed by atoms with Crippen LogP contribution in [0.2, 0.25) is 5.02 Å². The predicted molar refractivity (Wildman–Crippen MR) is 96.4 cm³/mol. The molecular weight excluding hydrogens is 342 g/mol. The first kappa shape index (κ1) is 17.1. The van der Waals surface area contributed by atoms with E-state index >= 15 is 0 Å². The molecular formula is C18H18ClN3O3. The lowest BCUT2D eigenvalue weighted by Gasteiger charge is -2.08. The summed E-state index contributed by atoms with van der Waals surface area (Å²) in [4.78, 5) is 4.42. The monoisotopic (exact) mass is 359 g/mol. The number of methoxy groups -OCH3 is 2. The van der Waals surface area contributed by atoms with Crippen LogP contribution in [0.4, 0.5) is 5.69 Å². The fourth-order valence-electron chi connectivity index (χ4n) is 2.37. The van der Waals surface area contributed by atoms with Gasteiger partial charge in [-0.2, -0.15) is 4.98 Å². The fourth-order valence-corrected chi connectivity index (χ4v) is 2.55. The lowest BCUT2D eigenvalue weighted by atomic mass is 10.2. The summed E-state index contributed by atoms with van der Waals surface area (Å²) in [5, 5.41) is 7.95. The summed E-state index contributed by atoms with van der Waals surface area (Å²) in [5.41, 5.74) is 2.74. The lowest BCUT2D eigenvalue weighted by molar-refractivity contribution is 0.382. The molecule has 2 aromatic carbocycles. The Labute approximate surface area is 150 Å². The van der Waals surface area contributed by atoms with E-state index < -0.39 is 0 Å². The summed E-state index contributed by atoms with van der Waals surface area (Å²) in [7, 11) is 3.19. The van der Waals surface area contributed by atoms with Gasteiger partial charge in [0, 0.05) is 16.8 Å². The van der Waals surface area contributed by atoms with Crippen molar-refractivity contribution in [1.82, 2.24) is 10.1 Å². The number of aryl methyl sites for hydroxylation is 1. The maximum Gasteiger partial charge on any atom is 0.246 e. The second-order valence-electron chi connectivity index (χ2n) is 5.39. The summed E-state index contributed by atoms with van der Waals surface area (Å²) >= 11 is 6.03. The topological polar surface area (TPSA) is 69.4 Å². The molecule has 7 heteroatoms.